The average molecular weight is 280 g/mol. The summed E-state index contributed by atoms with van der Waals surface area (Å²) in [7, 11) is 0. The first kappa shape index (κ1) is 18.9. The molecule has 0 saturated heterocycles. The topological polar surface area (TPSA) is 37.3 Å². The van der Waals surface area contributed by atoms with Crippen LogP contribution >= 0.6 is 0 Å². The van der Waals surface area contributed by atoms with E-state index in [1.807, 2.05) is 0 Å². The van der Waals surface area contributed by atoms with E-state index in [0.29, 0.717) is 6.42 Å². The van der Waals surface area contributed by atoms with Crippen molar-refractivity contribution in [2.45, 2.75) is 84.0 Å². The Hall–Kier alpha value is -1.05. The van der Waals surface area contributed by atoms with Crippen LogP contribution < -0.4 is 0 Å². The van der Waals surface area contributed by atoms with Gasteiger partial charge < -0.3 is 5.11 Å². The predicted octanol–water partition coefficient (Wildman–Crippen LogP) is 5.88. The smallest absolute Gasteiger partial charge is 0.303 e. The van der Waals surface area contributed by atoms with Crippen molar-refractivity contribution < 1.29 is 9.90 Å². The third-order valence-corrected chi connectivity index (χ3v) is 3.32. The van der Waals surface area contributed by atoms with Crippen molar-refractivity contribution in [2.75, 3.05) is 0 Å². The van der Waals surface area contributed by atoms with Gasteiger partial charge in [-0.15, -0.1) is 0 Å². The van der Waals surface area contributed by atoms with Gasteiger partial charge in [-0.3, -0.25) is 4.79 Å². The molecule has 0 fully saturated rings. The van der Waals surface area contributed by atoms with Gasteiger partial charge in [-0.05, 0) is 44.9 Å². The molecule has 2 nitrogen and oxygen atoms in total. The molecule has 116 valence electrons. The van der Waals surface area contributed by atoms with Crippen LogP contribution in [0.5, 0.6) is 0 Å². The van der Waals surface area contributed by atoms with Crippen LogP contribution in [0, 0.1) is 0 Å². The van der Waals surface area contributed by atoms with Crippen molar-refractivity contribution in [1.82, 2.24) is 0 Å². The SMILES string of the molecule is CCCCC/C=C\CC/C=C\CCCCCCC(=O)O. The van der Waals surface area contributed by atoms with Gasteiger partial charge in [0, 0.05) is 6.42 Å². The van der Waals surface area contributed by atoms with E-state index < -0.39 is 5.97 Å². The van der Waals surface area contributed by atoms with E-state index in [4.69, 9.17) is 5.11 Å². The molecule has 0 rings (SSSR count). The fourth-order valence-corrected chi connectivity index (χ4v) is 2.07. The zero-order valence-electron chi connectivity index (χ0n) is 13.2. The molecule has 0 radical (unpaired) electrons. The number of unbranched alkanes of at least 4 members (excludes halogenated alkanes) is 8. The molecule has 0 aromatic rings. The van der Waals surface area contributed by atoms with Crippen LogP contribution in [-0.2, 0) is 4.79 Å². The lowest BCUT2D eigenvalue weighted by Gasteiger charge is -1.96. The summed E-state index contributed by atoms with van der Waals surface area (Å²) in [5, 5.41) is 8.50. The van der Waals surface area contributed by atoms with Crippen LogP contribution in [0.4, 0.5) is 0 Å². The van der Waals surface area contributed by atoms with Gasteiger partial charge in [0.2, 0.25) is 0 Å². The standard InChI is InChI=1S/C18H32O2/c1-2-3-4-5-6-7-8-9-10-11-12-13-14-15-16-17-18(19)20/h6-7,10-11H,2-5,8-9,12-17H2,1H3,(H,19,20)/b7-6-,11-10-. The third kappa shape index (κ3) is 16.9. The van der Waals surface area contributed by atoms with E-state index in [1.54, 1.807) is 0 Å². The number of hydrogen-bond acceptors (Lipinski definition) is 1. The van der Waals surface area contributed by atoms with Crippen LogP contribution in [0.15, 0.2) is 24.3 Å². The Morgan fingerprint density at radius 1 is 0.750 bits per heavy atom. The first-order valence-electron chi connectivity index (χ1n) is 8.29. The van der Waals surface area contributed by atoms with Gasteiger partial charge in [0.1, 0.15) is 0 Å². The highest BCUT2D eigenvalue weighted by Crippen LogP contribution is 2.06. The zero-order valence-corrected chi connectivity index (χ0v) is 13.2. The fourth-order valence-electron chi connectivity index (χ4n) is 2.07. The molecular formula is C18H32O2. The maximum Gasteiger partial charge on any atom is 0.303 e. The summed E-state index contributed by atoms with van der Waals surface area (Å²) >= 11 is 0. The highest BCUT2D eigenvalue weighted by atomic mass is 16.4. The van der Waals surface area contributed by atoms with Gasteiger partial charge in [-0.2, -0.15) is 0 Å². The first-order valence-corrected chi connectivity index (χ1v) is 8.29. The number of rotatable bonds is 14. The normalized spacial score (nSPS) is 11.7. The Kier molecular flexibility index (Phi) is 15.2. The fraction of sp³-hybridized carbons (Fsp3) is 0.722. The van der Waals surface area contributed by atoms with Gasteiger partial charge in [-0.1, -0.05) is 56.9 Å². The van der Waals surface area contributed by atoms with Crippen molar-refractivity contribution >= 4 is 5.97 Å². The van der Waals surface area contributed by atoms with E-state index >= 15 is 0 Å². The second-order valence-corrected chi connectivity index (χ2v) is 5.36. The van der Waals surface area contributed by atoms with Crippen LogP contribution in [0.3, 0.4) is 0 Å². The molecule has 0 aromatic heterocycles. The second-order valence-electron chi connectivity index (χ2n) is 5.36. The van der Waals surface area contributed by atoms with E-state index in [2.05, 4.69) is 31.2 Å². The quantitative estimate of drug-likeness (QED) is 0.318. The molecule has 2 heteroatoms. The number of allylic oxidation sites excluding steroid dienone is 4. The van der Waals surface area contributed by atoms with Crippen LogP contribution in [0.25, 0.3) is 0 Å². The summed E-state index contributed by atoms with van der Waals surface area (Å²) in [6.45, 7) is 2.24. The first-order chi connectivity index (χ1) is 9.77. The molecule has 0 atom stereocenters. The summed E-state index contributed by atoms with van der Waals surface area (Å²) in [6, 6.07) is 0. The summed E-state index contributed by atoms with van der Waals surface area (Å²) in [5.41, 5.74) is 0. The van der Waals surface area contributed by atoms with Crippen molar-refractivity contribution in [1.29, 1.82) is 0 Å². The van der Waals surface area contributed by atoms with Crippen LogP contribution in [-0.4, -0.2) is 11.1 Å². The van der Waals surface area contributed by atoms with Gasteiger partial charge in [0.05, 0.1) is 0 Å². The van der Waals surface area contributed by atoms with Crippen molar-refractivity contribution in [3.63, 3.8) is 0 Å². The molecule has 0 unspecified atom stereocenters. The Labute approximate surface area is 125 Å². The van der Waals surface area contributed by atoms with E-state index in [1.165, 1.54) is 32.1 Å². The number of carboxylic acids is 1. The molecule has 1 N–H and O–H groups in total. The Morgan fingerprint density at radius 3 is 1.80 bits per heavy atom. The van der Waals surface area contributed by atoms with Gasteiger partial charge in [0.15, 0.2) is 0 Å². The van der Waals surface area contributed by atoms with E-state index in [-0.39, 0.29) is 0 Å². The van der Waals surface area contributed by atoms with Crippen LogP contribution in [0.2, 0.25) is 0 Å². The minimum absolute atomic E-state index is 0.320. The molecule has 0 amide bonds. The molecule has 0 heterocycles. The summed E-state index contributed by atoms with van der Waals surface area (Å²) in [6.07, 6.45) is 22.3. The van der Waals surface area contributed by atoms with Gasteiger partial charge in [-0.25, -0.2) is 0 Å². The predicted molar refractivity (Wildman–Crippen MR) is 87.0 cm³/mol. The molecule has 20 heavy (non-hydrogen) atoms. The van der Waals surface area contributed by atoms with Crippen molar-refractivity contribution in [3.8, 4) is 0 Å². The zero-order chi connectivity index (χ0) is 14.9. The largest absolute Gasteiger partial charge is 0.481 e. The summed E-state index contributed by atoms with van der Waals surface area (Å²) in [4.78, 5) is 10.3. The van der Waals surface area contributed by atoms with E-state index in [0.717, 1.165) is 38.5 Å². The number of hydrogen-bond donors (Lipinski definition) is 1. The second kappa shape index (κ2) is 16.0. The molecule has 0 aliphatic rings. The molecule has 0 bridgehead atoms. The number of aliphatic carboxylic acids is 1. The highest BCUT2D eigenvalue weighted by molar-refractivity contribution is 5.66. The summed E-state index contributed by atoms with van der Waals surface area (Å²) < 4.78 is 0. The highest BCUT2D eigenvalue weighted by Gasteiger charge is 1.95. The lowest BCUT2D eigenvalue weighted by atomic mass is 10.1. The molecular weight excluding hydrogens is 248 g/mol. The number of carboxylic acid groups (broad SMARTS) is 1. The van der Waals surface area contributed by atoms with Gasteiger partial charge >= 0.3 is 5.97 Å². The maximum absolute atomic E-state index is 10.3. The maximum atomic E-state index is 10.3. The molecule has 0 aliphatic heterocycles. The lowest BCUT2D eigenvalue weighted by molar-refractivity contribution is -0.137. The van der Waals surface area contributed by atoms with Crippen molar-refractivity contribution in [2.24, 2.45) is 0 Å². The lowest BCUT2D eigenvalue weighted by Crippen LogP contribution is -1.93. The third-order valence-electron chi connectivity index (χ3n) is 3.32. The van der Waals surface area contributed by atoms with Crippen LogP contribution in [0.1, 0.15) is 84.0 Å². The molecule has 0 spiro atoms. The Balaban J connectivity index is 3.18. The Bertz CT molecular complexity index is 267. The minimum Gasteiger partial charge on any atom is -0.481 e. The van der Waals surface area contributed by atoms with Gasteiger partial charge in [0.25, 0.3) is 0 Å². The van der Waals surface area contributed by atoms with Crippen molar-refractivity contribution in [3.05, 3.63) is 24.3 Å². The molecule has 0 aliphatic carbocycles. The molecule has 0 aromatic carbocycles. The minimum atomic E-state index is -0.673. The van der Waals surface area contributed by atoms with E-state index in [9.17, 15) is 4.79 Å². The Morgan fingerprint density at radius 2 is 1.25 bits per heavy atom. The average Bonchev–Trinajstić information content (AvgIpc) is 2.43. The number of carbonyl (C=O) groups is 1. The monoisotopic (exact) mass is 280 g/mol. The molecule has 0 saturated carbocycles. The summed E-state index contributed by atoms with van der Waals surface area (Å²) in [5.74, 6) is -0.673.